The summed E-state index contributed by atoms with van der Waals surface area (Å²) in [5.74, 6) is -0.368. The van der Waals surface area contributed by atoms with Crippen LogP contribution in [0.25, 0.3) is 43.9 Å². The highest BCUT2D eigenvalue weighted by Crippen LogP contribution is 2.34. The van der Waals surface area contributed by atoms with E-state index in [9.17, 15) is 14.0 Å². The summed E-state index contributed by atoms with van der Waals surface area (Å²) in [7, 11) is 0. The van der Waals surface area contributed by atoms with Crippen molar-refractivity contribution in [3.63, 3.8) is 0 Å². The summed E-state index contributed by atoms with van der Waals surface area (Å²) in [5.41, 5.74) is 2.12. The topological polar surface area (TPSA) is 78.2 Å². The second-order valence-electron chi connectivity index (χ2n) is 7.79. The largest absolute Gasteiger partial charge is 0.464 e. The molecule has 156 valence electrons. The number of benzene rings is 2. The van der Waals surface area contributed by atoms with Crippen molar-refractivity contribution in [3.8, 4) is 0 Å². The van der Waals surface area contributed by atoms with Gasteiger partial charge in [-0.25, -0.2) is 14.2 Å². The lowest BCUT2D eigenvalue weighted by Crippen LogP contribution is -2.09. The minimum Gasteiger partial charge on any atom is -0.464 e. The summed E-state index contributed by atoms with van der Waals surface area (Å²) in [5, 5.41) is 2.53. The molecule has 0 unspecified atom stereocenters. The quantitative estimate of drug-likeness (QED) is 0.394. The monoisotopic (exact) mass is 426 g/mol. The van der Waals surface area contributed by atoms with Crippen molar-refractivity contribution < 1.29 is 13.2 Å². The SMILES string of the molecule is Cc1cc2c3c4cccnc4oc(=O)c3n(Cc3ccc4occc(=O)c4c3)c2cc1F. The average molecular weight is 426 g/mol. The van der Waals surface area contributed by atoms with Gasteiger partial charge in [0.25, 0.3) is 0 Å². The molecule has 0 atom stereocenters. The van der Waals surface area contributed by atoms with Crippen LogP contribution in [0.2, 0.25) is 0 Å². The van der Waals surface area contributed by atoms with Crippen LogP contribution in [0.4, 0.5) is 4.39 Å². The van der Waals surface area contributed by atoms with E-state index in [1.807, 2.05) is 12.1 Å². The van der Waals surface area contributed by atoms with E-state index in [2.05, 4.69) is 4.98 Å². The van der Waals surface area contributed by atoms with Crippen molar-refractivity contribution in [1.29, 1.82) is 0 Å². The molecule has 6 nitrogen and oxygen atoms in total. The number of aromatic nitrogens is 2. The molecule has 0 aliphatic carbocycles. The fourth-order valence-electron chi connectivity index (χ4n) is 4.34. The van der Waals surface area contributed by atoms with Gasteiger partial charge in [-0.3, -0.25) is 4.79 Å². The second-order valence-corrected chi connectivity index (χ2v) is 7.79. The van der Waals surface area contributed by atoms with Gasteiger partial charge in [-0.15, -0.1) is 0 Å². The molecule has 0 bridgehead atoms. The molecular formula is C25H15FN2O4. The van der Waals surface area contributed by atoms with Crippen LogP contribution in [0, 0.1) is 12.7 Å². The van der Waals surface area contributed by atoms with Gasteiger partial charge in [0.05, 0.1) is 17.2 Å². The zero-order valence-corrected chi connectivity index (χ0v) is 16.9. The third-order valence-corrected chi connectivity index (χ3v) is 5.83. The molecule has 0 radical (unpaired) electrons. The Labute approximate surface area is 179 Å². The first-order chi connectivity index (χ1) is 15.5. The van der Waals surface area contributed by atoms with Gasteiger partial charge in [0.1, 0.15) is 16.9 Å². The van der Waals surface area contributed by atoms with Gasteiger partial charge in [0.2, 0.25) is 5.71 Å². The maximum absolute atomic E-state index is 14.6. The fraction of sp³-hybridized carbons (Fsp3) is 0.0800. The predicted octanol–water partition coefficient (Wildman–Crippen LogP) is 4.90. The number of nitrogens with zero attached hydrogens (tertiary/aromatic N) is 2. The minimum absolute atomic E-state index is 0.159. The molecular weight excluding hydrogens is 411 g/mol. The van der Waals surface area contributed by atoms with Crippen molar-refractivity contribution in [3.05, 3.63) is 98.6 Å². The summed E-state index contributed by atoms with van der Waals surface area (Å²) >= 11 is 0. The van der Waals surface area contributed by atoms with Crippen LogP contribution in [0.1, 0.15) is 11.1 Å². The van der Waals surface area contributed by atoms with E-state index in [1.165, 1.54) is 18.4 Å². The third kappa shape index (κ3) is 2.61. The highest BCUT2D eigenvalue weighted by atomic mass is 19.1. The minimum atomic E-state index is -0.555. The smallest absolute Gasteiger partial charge is 0.362 e. The summed E-state index contributed by atoms with van der Waals surface area (Å²) < 4.78 is 27.2. The average Bonchev–Trinajstić information content (AvgIpc) is 3.09. The van der Waals surface area contributed by atoms with E-state index in [0.29, 0.717) is 38.3 Å². The lowest BCUT2D eigenvalue weighted by molar-refractivity contribution is 0.553. The van der Waals surface area contributed by atoms with Gasteiger partial charge in [-0.05, 0) is 54.4 Å². The zero-order valence-electron chi connectivity index (χ0n) is 16.9. The maximum Gasteiger partial charge on any atom is 0.362 e. The number of pyridine rings is 1. The number of aryl methyl sites for hydroxylation is 1. The van der Waals surface area contributed by atoms with E-state index in [4.69, 9.17) is 8.83 Å². The Hall–Kier alpha value is -4.26. The second kappa shape index (κ2) is 6.62. The zero-order chi connectivity index (χ0) is 22.0. The van der Waals surface area contributed by atoms with Crippen molar-refractivity contribution in [2.24, 2.45) is 0 Å². The first-order valence-electron chi connectivity index (χ1n) is 10.0. The first kappa shape index (κ1) is 18.5. The van der Waals surface area contributed by atoms with Crippen molar-refractivity contribution in [2.45, 2.75) is 13.5 Å². The van der Waals surface area contributed by atoms with E-state index < -0.39 is 5.63 Å². The molecule has 0 aliphatic rings. The van der Waals surface area contributed by atoms with Crippen LogP contribution in [0.5, 0.6) is 0 Å². The van der Waals surface area contributed by atoms with E-state index in [1.54, 1.807) is 42.0 Å². The Bertz CT molecular complexity index is 1830. The Morgan fingerprint density at radius 1 is 1.03 bits per heavy atom. The number of fused-ring (bicyclic) bond motifs is 6. The standard InChI is InChI=1S/C25H15FN2O4/c1-13-9-16-19(11-18(13)26)28(12-14-4-5-21-17(10-14)20(29)6-8-31-21)23-22(16)15-3-2-7-27-24(15)32-25(23)30/h2-11H,12H2,1H3. The molecule has 4 heterocycles. The summed E-state index contributed by atoms with van der Waals surface area (Å²) in [6, 6.07) is 13.4. The molecule has 0 saturated carbocycles. The van der Waals surface area contributed by atoms with Crippen LogP contribution >= 0.6 is 0 Å². The van der Waals surface area contributed by atoms with Crippen molar-refractivity contribution >= 4 is 43.9 Å². The van der Waals surface area contributed by atoms with E-state index >= 15 is 0 Å². The molecule has 0 aliphatic heterocycles. The van der Waals surface area contributed by atoms with Gasteiger partial charge in [0, 0.05) is 35.0 Å². The lowest BCUT2D eigenvalue weighted by atomic mass is 10.1. The Balaban J connectivity index is 1.72. The number of rotatable bonds is 2. The number of hydrogen-bond donors (Lipinski definition) is 0. The summed E-state index contributed by atoms with van der Waals surface area (Å²) in [4.78, 5) is 29.5. The molecule has 4 aromatic heterocycles. The van der Waals surface area contributed by atoms with E-state index in [0.717, 1.165) is 10.9 Å². The van der Waals surface area contributed by atoms with E-state index in [-0.39, 0.29) is 23.5 Å². The molecule has 0 N–H and O–H groups in total. The molecule has 0 amide bonds. The van der Waals surface area contributed by atoms with Crippen LogP contribution in [0.15, 0.2) is 79.4 Å². The highest BCUT2D eigenvalue weighted by Gasteiger charge is 2.20. The van der Waals surface area contributed by atoms with Crippen LogP contribution < -0.4 is 11.1 Å². The van der Waals surface area contributed by atoms with Gasteiger partial charge >= 0.3 is 5.63 Å². The Kier molecular flexibility index (Phi) is 3.83. The Morgan fingerprint density at radius 2 is 1.91 bits per heavy atom. The molecule has 6 rings (SSSR count). The summed E-state index contributed by atoms with van der Waals surface area (Å²) in [6.45, 7) is 1.93. The molecule has 0 saturated heterocycles. The molecule has 6 aromatic rings. The lowest BCUT2D eigenvalue weighted by Gasteiger charge is -2.08. The maximum atomic E-state index is 14.6. The van der Waals surface area contributed by atoms with Crippen LogP contribution in [-0.4, -0.2) is 9.55 Å². The third-order valence-electron chi connectivity index (χ3n) is 5.83. The fourth-order valence-corrected chi connectivity index (χ4v) is 4.34. The summed E-state index contributed by atoms with van der Waals surface area (Å²) in [6.07, 6.45) is 2.91. The molecule has 2 aromatic carbocycles. The first-order valence-corrected chi connectivity index (χ1v) is 10.0. The number of halogens is 1. The highest BCUT2D eigenvalue weighted by molar-refractivity contribution is 6.18. The van der Waals surface area contributed by atoms with Crippen molar-refractivity contribution in [2.75, 3.05) is 0 Å². The molecule has 0 spiro atoms. The normalized spacial score (nSPS) is 11.8. The molecule has 7 heteroatoms. The van der Waals surface area contributed by atoms with Crippen LogP contribution in [-0.2, 0) is 6.54 Å². The van der Waals surface area contributed by atoms with Crippen LogP contribution in [0.3, 0.4) is 0 Å². The molecule has 32 heavy (non-hydrogen) atoms. The van der Waals surface area contributed by atoms with Crippen molar-refractivity contribution in [1.82, 2.24) is 9.55 Å². The van der Waals surface area contributed by atoms with Gasteiger partial charge in [-0.1, -0.05) is 6.07 Å². The molecule has 0 fully saturated rings. The van der Waals surface area contributed by atoms with Gasteiger partial charge in [-0.2, -0.15) is 0 Å². The number of hydrogen-bond acceptors (Lipinski definition) is 5. The van der Waals surface area contributed by atoms with Gasteiger partial charge < -0.3 is 13.4 Å². The van der Waals surface area contributed by atoms with Gasteiger partial charge in [0.15, 0.2) is 5.43 Å². The predicted molar refractivity (Wildman–Crippen MR) is 120 cm³/mol. The Morgan fingerprint density at radius 3 is 2.78 bits per heavy atom.